The van der Waals surface area contributed by atoms with Crippen LogP contribution in [-0.4, -0.2) is 5.78 Å². The number of carbonyl (C=O) groups excluding carboxylic acids is 1. The third-order valence-electron chi connectivity index (χ3n) is 3.21. The fourth-order valence-corrected chi connectivity index (χ4v) is 1.91. The first kappa shape index (κ1) is 15.0. The van der Waals surface area contributed by atoms with E-state index >= 15 is 0 Å². The summed E-state index contributed by atoms with van der Waals surface area (Å²) in [6.45, 7) is 4.21. The number of anilines is 1. The first-order chi connectivity index (χ1) is 10.1. The van der Waals surface area contributed by atoms with Crippen molar-refractivity contribution < 1.29 is 9.18 Å². The van der Waals surface area contributed by atoms with Crippen molar-refractivity contribution in [2.45, 2.75) is 19.8 Å². The van der Waals surface area contributed by atoms with E-state index in [1.54, 1.807) is 18.2 Å². The van der Waals surface area contributed by atoms with Gasteiger partial charge in [0.15, 0.2) is 5.78 Å². The van der Waals surface area contributed by atoms with Crippen LogP contribution in [0, 0.1) is 5.82 Å². The molecular formula is C18H18FNO. The topological polar surface area (TPSA) is 29.1 Å². The second-order valence-corrected chi connectivity index (χ2v) is 5.10. The second kappa shape index (κ2) is 6.84. The van der Waals surface area contributed by atoms with Crippen molar-refractivity contribution in [3.63, 3.8) is 0 Å². The maximum absolute atomic E-state index is 13.4. The van der Waals surface area contributed by atoms with Crippen molar-refractivity contribution in [2.75, 3.05) is 5.32 Å². The number of hydrogen-bond donors (Lipinski definition) is 1. The molecule has 108 valence electrons. The highest BCUT2D eigenvalue weighted by atomic mass is 19.1. The number of ketones is 1. The molecule has 21 heavy (non-hydrogen) atoms. The Bertz CT molecular complexity index is 645. The van der Waals surface area contributed by atoms with Crippen molar-refractivity contribution >= 4 is 11.5 Å². The zero-order chi connectivity index (χ0) is 15.2. The predicted molar refractivity (Wildman–Crippen MR) is 84.0 cm³/mol. The highest BCUT2D eigenvalue weighted by Crippen LogP contribution is 2.15. The van der Waals surface area contributed by atoms with Gasteiger partial charge in [-0.05, 0) is 23.6 Å². The normalized spacial score (nSPS) is 11.0. The molecule has 0 saturated heterocycles. The van der Waals surface area contributed by atoms with Gasteiger partial charge < -0.3 is 5.32 Å². The lowest BCUT2D eigenvalue weighted by atomic mass is 10.0. The van der Waals surface area contributed by atoms with Gasteiger partial charge in [-0.3, -0.25) is 4.79 Å². The van der Waals surface area contributed by atoms with Gasteiger partial charge in [0.2, 0.25) is 0 Å². The molecule has 2 aromatic carbocycles. The van der Waals surface area contributed by atoms with Crippen molar-refractivity contribution in [1.29, 1.82) is 0 Å². The smallest absolute Gasteiger partial charge is 0.187 e. The highest BCUT2D eigenvalue weighted by molar-refractivity contribution is 6.04. The number of hydrogen-bond acceptors (Lipinski definition) is 2. The highest BCUT2D eigenvalue weighted by Gasteiger charge is 2.04. The Morgan fingerprint density at radius 3 is 2.38 bits per heavy atom. The molecule has 2 rings (SSSR count). The minimum absolute atomic E-state index is 0.117. The summed E-state index contributed by atoms with van der Waals surface area (Å²) in [5, 5.41) is 2.77. The third kappa shape index (κ3) is 4.02. The molecule has 0 bridgehead atoms. The second-order valence-electron chi connectivity index (χ2n) is 5.10. The lowest BCUT2D eigenvalue weighted by Crippen LogP contribution is -1.98. The molecule has 0 aromatic heterocycles. The van der Waals surface area contributed by atoms with E-state index in [0.29, 0.717) is 17.2 Å². The van der Waals surface area contributed by atoms with E-state index in [2.05, 4.69) is 19.2 Å². The molecular weight excluding hydrogens is 265 g/mol. The zero-order valence-electron chi connectivity index (χ0n) is 12.1. The fraction of sp³-hybridized carbons (Fsp3) is 0.167. The molecule has 0 atom stereocenters. The molecule has 0 fully saturated rings. The molecule has 1 N–H and O–H groups in total. The molecule has 0 unspecified atom stereocenters. The van der Waals surface area contributed by atoms with Crippen LogP contribution in [0.25, 0.3) is 0 Å². The Morgan fingerprint density at radius 2 is 1.76 bits per heavy atom. The molecule has 0 saturated carbocycles. The third-order valence-corrected chi connectivity index (χ3v) is 3.21. The molecule has 3 heteroatoms. The standard InChI is InChI=1S/C18H18FNO/c1-13(2)14-7-9-15(10-8-14)18(21)11-12-20-17-6-4-3-5-16(17)19/h3-13,20H,1-2H3/b12-11+. The summed E-state index contributed by atoms with van der Waals surface area (Å²) in [6.07, 6.45) is 2.86. The lowest BCUT2D eigenvalue weighted by molar-refractivity contribution is 0.104. The van der Waals surface area contributed by atoms with Crippen LogP contribution in [0.3, 0.4) is 0 Å². The minimum Gasteiger partial charge on any atom is -0.359 e. The Morgan fingerprint density at radius 1 is 1.10 bits per heavy atom. The molecule has 0 heterocycles. The first-order valence-electron chi connectivity index (χ1n) is 6.90. The van der Waals surface area contributed by atoms with Gasteiger partial charge in [0.1, 0.15) is 5.82 Å². The van der Waals surface area contributed by atoms with E-state index in [0.717, 1.165) is 0 Å². The summed E-state index contributed by atoms with van der Waals surface area (Å²) in [6, 6.07) is 13.9. The number of nitrogens with one attached hydrogen (secondary N) is 1. The van der Waals surface area contributed by atoms with E-state index < -0.39 is 0 Å². The largest absolute Gasteiger partial charge is 0.359 e. The molecule has 2 nitrogen and oxygen atoms in total. The summed E-state index contributed by atoms with van der Waals surface area (Å²) in [5.74, 6) is -0.0301. The van der Waals surface area contributed by atoms with Crippen LogP contribution in [0.4, 0.5) is 10.1 Å². The van der Waals surface area contributed by atoms with Gasteiger partial charge in [0, 0.05) is 17.8 Å². The van der Waals surface area contributed by atoms with Gasteiger partial charge in [-0.15, -0.1) is 0 Å². The van der Waals surface area contributed by atoms with Gasteiger partial charge in [0.25, 0.3) is 0 Å². The van der Waals surface area contributed by atoms with Gasteiger partial charge >= 0.3 is 0 Å². The summed E-state index contributed by atoms with van der Waals surface area (Å²) in [7, 11) is 0. The van der Waals surface area contributed by atoms with Crippen LogP contribution in [0.5, 0.6) is 0 Å². The Labute approximate surface area is 124 Å². The SMILES string of the molecule is CC(C)c1ccc(C(=O)/C=C/Nc2ccccc2F)cc1. The van der Waals surface area contributed by atoms with Gasteiger partial charge in [-0.2, -0.15) is 0 Å². The first-order valence-corrected chi connectivity index (χ1v) is 6.90. The van der Waals surface area contributed by atoms with Crippen LogP contribution < -0.4 is 5.32 Å². The minimum atomic E-state index is -0.351. The average Bonchev–Trinajstić information content (AvgIpc) is 2.49. The van der Waals surface area contributed by atoms with Crippen LogP contribution in [0.15, 0.2) is 60.8 Å². The monoisotopic (exact) mass is 283 g/mol. The van der Waals surface area contributed by atoms with Crippen LogP contribution in [-0.2, 0) is 0 Å². The van der Waals surface area contributed by atoms with Crippen LogP contribution in [0.1, 0.15) is 35.7 Å². The number of carbonyl (C=O) groups is 1. The Kier molecular flexibility index (Phi) is 4.88. The van der Waals surface area contributed by atoms with E-state index in [-0.39, 0.29) is 11.6 Å². The molecule has 0 aliphatic heterocycles. The molecule has 0 aliphatic carbocycles. The van der Waals surface area contributed by atoms with E-state index in [1.165, 1.54) is 23.9 Å². The maximum atomic E-state index is 13.4. The summed E-state index contributed by atoms with van der Waals surface area (Å²) < 4.78 is 13.4. The Hall–Kier alpha value is -2.42. The zero-order valence-corrected chi connectivity index (χ0v) is 12.1. The van der Waals surface area contributed by atoms with Crippen molar-refractivity contribution in [3.05, 3.63) is 77.8 Å². The van der Waals surface area contributed by atoms with Crippen LogP contribution >= 0.6 is 0 Å². The predicted octanol–water partition coefficient (Wildman–Crippen LogP) is 4.76. The maximum Gasteiger partial charge on any atom is 0.187 e. The molecule has 0 radical (unpaired) electrons. The van der Waals surface area contributed by atoms with Crippen molar-refractivity contribution in [3.8, 4) is 0 Å². The molecule has 0 aliphatic rings. The van der Waals surface area contributed by atoms with Gasteiger partial charge in [-0.1, -0.05) is 50.2 Å². The number of halogens is 1. The van der Waals surface area contributed by atoms with Gasteiger partial charge in [-0.25, -0.2) is 4.39 Å². The van der Waals surface area contributed by atoms with Crippen LogP contribution in [0.2, 0.25) is 0 Å². The molecule has 2 aromatic rings. The van der Waals surface area contributed by atoms with E-state index in [1.807, 2.05) is 24.3 Å². The van der Waals surface area contributed by atoms with Crippen molar-refractivity contribution in [2.24, 2.45) is 0 Å². The molecule has 0 amide bonds. The number of benzene rings is 2. The fourth-order valence-electron chi connectivity index (χ4n) is 1.91. The lowest BCUT2D eigenvalue weighted by Gasteiger charge is -2.05. The summed E-state index contributed by atoms with van der Waals surface area (Å²) >= 11 is 0. The quantitative estimate of drug-likeness (QED) is 0.633. The number of allylic oxidation sites excluding steroid dienone is 1. The summed E-state index contributed by atoms with van der Waals surface area (Å²) in [5.41, 5.74) is 2.16. The van der Waals surface area contributed by atoms with E-state index in [4.69, 9.17) is 0 Å². The Balaban J connectivity index is 2.01. The number of rotatable bonds is 5. The summed E-state index contributed by atoms with van der Waals surface area (Å²) in [4.78, 5) is 12.0. The number of para-hydroxylation sites is 1. The van der Waals surface area contributed by atoms with E-state index in [9.17, 15) is 9.18 Å². The van der Waals surface area contributed by atoms with Gasteiger partial charge in [0.05, 0.1) is 5.69 Å². The molecule has 0 spiro atoms. The van der Waals surface area contributed by atoms with Crippen molar-refractivity contribution in [1.82, 2.24) is 0 Å². The average molecular weight is 283 g/mol.